The molecule has 0 radical (unpaired) electrons. The Bertz CT molecular complexity index is 1120. The summed E-state index contributed by atoms with van der Waals surface area (Å²) >= 11 is 5.97. The average molecular weight is 436 g/mol. The monoisotopic (exact) mass is 435 g/mol. The number of allylic oxidation sites excluding steroid dienone is 2. The smallest absolute Gasteiger partial charge is 0.165 e. The van der Waals surface area contributed by atoms with E-state index in [-0.39, 0.29) is 17.5 Å². The van der Waals surface area contributed by atoms with Gasteiger partial charge >= 0.3 is 0 Å². The van der Waals surface area contributed by atoms with Crippen LogP contribution in [-0.2, 0) is 0 Å². The van der Waals surface area contributed by atoms with Gasteiger partial charge in [-0.2, -0.15) is 5.26 Å². The van der Waals surface area contributed by atoms with Crippen molar-refractivity contribution in [2.45, 2.75) is 24.7 Å². The maximum absolute atomic E-state index is 15.4. The molecule has 3 aromatic carbocycles. The van der Waals surface area contributed by atoms with E-state index in [1.807, 2.05) is 18.2 Å². The zero-order valence-corrected chi connectivity index (χ0v) is 17.4. The van der Waals surface area contributed by atoms with E-state index in [0.717, 1.165) is 18.4 Å². The second-order valence-corrected chi connectivity index (χ2v) is 8.07. The summed E-state index contributed by atoms with van der Waals surface area (Å²) in [6.45, 7) is 0. The van der Waals surface area contributed by atoms with E-state index >= 15 is 4.39 Å². The fourth-order valence-electron chi connectivity index (χ4n) is 3.63. The van der Waals surface area contributed by atoms with E-state index in [1.165, 1.54) is 24.3 Å². The topological polar surface area (TPSA) is 33.0 Å². The molecule has 2 nitrogen and oxygen atoms in total. The summed E-state index contributed by atoms with van der Waals surface area (Å²) in [7, 11) is 0. The third-order valence-corrected chi connectivity index (χ3v) is 5.62. The van der Waals surface area contributed by atoms with Gasteiger partial charge in [0, 0.05) is 10.9 Å². The molecule has 4 rings (SSSR count). The van der Waals surface area contributed by atoms with E-state index in [4.69, 9.17) is 16.3 Å². The Labute approximate surface area is 185 Å². The minimum absolute atomic E-state index is 0.00537. The normalized spacial score (nSPS) is 15.7. The molecule has 0 heterocycles. The molecule has 1 aliphatic rings. The summed E-state index contributed by atoms with van der Waals surface area (Å²) in [4.78, 5) is 0. The average Bonchev–Trinajstić information content (AvgIpc) is 3.61. The molecule has 1 aliphatic carbocycles. The van der Waals surface area contributed by atoms with E-state index < -0.39 is 17.7 Å². The van der Waals surface area contributed by atoms with Crippen LogP contribution >= 0.6 is 11.6 Å². The quantitative estimate of drug-likeness (QED) is 0.377. The van der Waals surface area contributed by atoms with E-state index in [2.05, 4.69) is 6.07 Å². The van der Waals surface area contributed by atoms with Gasteiger partial charge in [-0.15, -0.1) is 0 Å². The molecule has 1 saturated carbocycles. The molecule has 0 spiro atoms. The Balaban J connectivity index is 1.62. The summed E-state index contributed by atoms with van der Waals surface area (Å²) in [6, 6.07) is 22.2. The van der Waals surface area contributed by atoms with Crippen molar-refractivity contribution in [1.29, 1.82) is 5.26 Å². The van der Waals surface area contributed by atoms with Crippen LogP contribution in [0.15, 0.2) is 84.7 Å². The van der Waals surface area contributed by atoms with Crippen LogP contribution in [0.2, 0.25) is 5.02 Å². The number of halogens is 3. The van der Waals surface area contributed by atoms with Crippen molar-refractivity contribution in [3.8, 4) is 17.6 Å². The predicted octanol–water partition coefficient (Wildman–Crippen LogP) is 7.93. The minimum atomic E-state index is -0.868. The first-order valence-corrected chi connectivity index (χ1v) is 10.5. The second kappa shape index (κ2) is 9.32. The first kappa shape index (κ1) is 21.1. The molecular formula is C26H20ClF2NO. The number of nitrogens with zero attached hydrogens (tertiary/aromatic N) is 1. The van der Waals surface area contributed by atoms with Gasteiger partial charge in [-0.3, -0.25) is 0 Å². The third kappa shape index (κ3) is 5.13. The summed E-state index contributed by atoms with van der Waals surface area (Å²) in [5, 5.41) is 10.3. The molecule has 0 amide bonds. The molecule has 5 heteroatoms. The highest BCUT2D eigenvalue weighted by molar-refractivity contribution is 6.30. The van der Waals surface area contributed by atoms with Crippen molar-refractivity contribution in [2.75, 3.05) is 0 Å². The predicted molar refractivity (Wildman–Crippen MR) is 117 cm³/mol. The Kier molecular flexibility index (Phi) is 6.34. The molecule has 2 atom stereocenters. The molecule has 31 heavy (non-hydrogen) atoms. The molecule has 2 unspecified atom stereocenters. The Morgan fingerprint density at radius 1 is 1.03 bits per heavy atom. The van der Waals surface area contributed by atoms with Crippen LogP contribution in [0.3, 0.4) is 0 Å². The molecule has 0 N–H and O–H groups in total. The maximum Gasteiger partial charge on any atom is 0.165 e. The standard InChI is InChI=1S/C26H20ClF2NO/c27-21-11-8-18(9-12-21)26(17-6-7-17)24(29)14-20(16-30)19-10-13-23(28)25(15-19)31-22-4-2-1-3-5-22/h1-5,8-15,17,20,26H,6-7H2. The van der Waals surface area contributed by atoms with E-state index in [9.17, 15) is 9.65 Å². The highest BCUT2D eigenvalue weighted by Crippen LogP contribution is 2.47. The van der Waals surface area contributed by atoms with Crippen LogP contribution in [0.4, 0.5) is 8.78 Å². The molecule has 0 aliphatic heterocycles. The van der Waals surface area contributed by atoms with Gasteiger partial charge in [-0.1, -0.05) is 48.0 Å². The van der Waals surface area contributed by atoms with Gasteiger partial charge in [0.25, 0.3) is 0 Å². The van der Waals surface area contributed by atoms with Gasteiger partial charge in [0.2, 0.25) is 0 Å². The number of benzene rings is 3. The summed E-state index contributed by atoms with van der Waals surface area (Å²) in [6.07, 6.45) is 3.21. The summed E-state index contributed by atoms with van der Waals surface area (Å²) < 4.78 is 35.3. The molecule has 1 fully saturated rings. The Morgan fingerprint density at radius 2 is 1.71 bits per heavy atom. The first-order valence-electron chi connectivity index (χ1n) is 10.1. The van der Waals surface area contributed by atoms with E-state index in [0.29, 0.717) is 16.3 Å². The Hall–Kier alpha value is -3.16. The van der Waals surface area contributed by atoms with Crippen LogP contribution in [0.1, 0.15) is 35.8 Å². The number of rotatable bonds is 7. The molecule has 0 bridgehead atoms. The van der Waals surface area contributed by atoms with Gasteiger partial charge in [-0.05, 0) is 72.4 Å². The van der Waals surface area contributed by atoms with Gasteiger partial charge in [-0.25, -0.2) is 8.78 Å². The fourth-order valence-corrected chi connectivity index (χ4v) is 3.76. The zero-order chi connectivity index (χ0) is 21.8. The van der Waals surface area contributed by atoms with Crippen LogP contribution in [0.5, 0.6) is 11.5 Å². The third-order valence-electron chi connectivity index (χ3n) is 5.37. The number of nitriles is 1. The molecule has 156 valence electrons. The number of ether oxygens (including phenoxy) is 1. The number of para-hydroxylation sites is 1. The lowest BCUT2D eigenvalue weighted by Crippen LogP contribution is -2.04. The zero-order valence-electron chi connectivity index (χ0n) is 16.6. The van der Waals surface area contributed by atoms with Crippen LogP contribution in [0.25, 0.3) is 0 Å². The fraction of sp³-hybridized carbons (Fsp3) is 0.192. The second-order valence-electron chi connectivity index (χ2n) is 7.63. The minimum Gasteiger partial charge on any atom is -0.454 e. The highest BCUT2D eigenvalue weighted by Gasteiger charge is 2.35. The molecule has 0 saturated heterocycles. The van der Waals surface area contributed by atoms with Crippen LogP contribution < -0.4 is 4.74 Å². The highest BCUT2D eigenvalue weighted by atomic mass is 35.5. The van der Waals surface area contributed by atoms with Gasteiger partial charge < -0.3 is 4.74 Å². The van der Waals surface area contributed by atoms with Crippen molar-refractivity contribution in [2.24, 2.45) is 5.92 Å². The molecular weight excluding hydrogens is 416 g/mol. The van der Waals surface area contributed by atoms with Crippen molar-refractivity contribution in [3.05, 3.63) is 107 Å². The SMILES string of the molecule is N#CC(C=C(F)C(c1ccc(Cl)cc1)C1CC1)c1ccc(F)c(Oc2ccccc2)c1. The first-order chi connectivity index (χ1) is 15.0. The molecule has 3 aromatic rings. The van der Waals surface area contributed by atoms with Crippen LogP contribution in [0, 0.1) is 23.1 Å². The maximum atomic E-state index is 15.4. The van der Waals surface area contributed by atoms with Crippen molar-refractivity contribution >= 4 is 11.6 Å². The lowest BCUT2D eigenvalue weighted by molar-refractivity contribution is 0.441. The van der Waals surface area contributed by atoms with Gasteiger partial charge in [0.15, 0.2) is 11.6 Å². The van der Waals surface area contributed by atoms with Crippen molar-refractivity contribution < 1.29 is 13.5 Å². The summed E-state index contributed by atoms with van der Waals surface area (Å²) in [5.74, 6) is -1.50. The lowest BCUT2D eigenvalue weighted by atomic mass is 9.90. The largest absolute Gasteiger partial charge is 0.454 e. The lowest BCUT2D eigenvalue weighted by Gasteiger charge is -2.17. The van der Waals surface area contributed by atoms with Gasteiger partial charge in [0.1, 0.15) is 11.6 Å². The summed E-state index contributed by atoms with van der Waals surface area (Å²) in [5.41, 5.74) is 1.31. The van der Waals surface area contributed by atoms with Gasteiger partial charge in [0.05, 0.1) is 12.0 Å². The number of hydrogen-bond acceptors (Lipinski definition) is 2. The van der Waals surface area contributed by atoms with Crippen LogP contribution in [-0.4, -0.2) is 0 Å². The van der Waals surface area contributed by atoms with Crippen molar-refractivity contribution in [1.82, 2.24) is 0 Å². The van der Waals surface area contributed by atoms with Crippen molar-refractivity contribution in [3.63, 3.8) is 0 Å². The molecule has 0 aromatic heterocycles. The Morgan fingerprint density at radius 3 is 2.35 bits per heavy atom. The number of hydrogen-bond donors (Lipinski definition) is 0. The van der Waals surface area contributed by atoms with E-state index in [1.54, 1.807) is 36.4 Å².